The number of para-hydroxylation sites is 2. The van der Waals surface area contributed by atoms with Crippen molar-refractivity contribution in [3.8, 4) is 0 Å². The first-order valence-electron chi connectivity index (χ1n) is 10.4. The molecule has 2 aromatic carbocycles. The predicted octanol–water partition coefficient (Wildman–Crippen LogP) is 3.10. The number of hydrogen-bond donors (Lipinski definition) is 3. The average molecular weight is 419 g/mol. The van der Waals surface area contributed by atoms with Gasteiger partial charge < -0.3 is 15.3 Å². The van der Waals surface area contributed by atoms with Gasteiger partial charge in [-0.1, -0.05) is 32.4 Å². The van der Waals surface area contributed by atoms with E-state index in [4.69, 9.17) is 0 Å². The lowest BCUT2D eigenvalue weighted by atomic mass is 9.98. The molecule has 2 atom stereocenters. The Morgan fingerprint density at radius 1 is 1.10 bits per heavy atom. The van der Waals surface area contributed by atoms with Crippen molar-refractivity contribution in [2.75, 3.05) is 0 Å². The third-order valence-electron chi connectivity index (χ3n) is 5.76. The molecule has 2 unspecified atom stereocenters. The summed E-state index contributed by atoms with van der Waals surface area (Å²) in [5, 5.41) is 3.44. The Balaban J connectivity index is 1.69. The van der Waals surface area contributed by atoms with Crippen molar-refractivity contribution in [3.63, 3.8) is 0 Å². The average Bonchev–Trinajstić information content (AvgIpc) is 3.20. The Morgan fingerprint density at radius 2 is 1.87 bits per heavy atom. The van der Waals surface area contributed by atoms with E-state index < -0.39 is 5.69 Å². The minimum atomic E-state index is -0.489. The van der Waals surface area contributed by atoms with Gasteiger partial charge in [0, 0.05) is 12.1 Å². The number of benzene rings is 2. The van der Waals surface area contributed by atoms with Crippen molar-refractivity contribution >= 4 is 27.8 Å². The molecular weight excluding hydrogens is 394 g/mol. The number of H-pyrrole nitrogens is 2. The summed E-state index contributed by atoms with van der Waals surface area (Å²) in [5.41, 5.74) is 1.61. The van der Waals surface area contributed by atoms with E-state index in [-0.39, 0.29) is 30.0 Å². The second kappa shape index (κ2) is 8.22. The van der Waals surface area contributed by atoms with Crippen LogP contribution in [0.5, 0.6) is 0 Å². The van der Waals surface area contributed by atoms with Crippen molar-refractivity contribution in [1.29, 1.82) is 0 Å². The maximum absolute atomic E-state index is 13.1. The van der Waals surface area contributed by atoms with Crippen molar-refractivity contribution in [1.82, 2.24) is 24.8 Å². The molecule has 0 spiro atoms. The zero-order valence-corrected chi connectivity index (χ0v) is 17.7. The molecule has 4 rings (SSSR count). The molecule has 2 aromatic heterocycles. The van der Waals surface area contributed by atoms with E-state index in [9.17, 15) is 14.4 Å². The number of carbonyl (C=O) groups excluding carboxylic acids is 1. The minimum absolute atomic E-state index is 0.140. The molecule has 0 bridgehead atoms. The highest BCUT2D eigenvalue weighted by molar-refractivity contribution is 5.97. The number of carbonyl (C=O) groups is 1. The molecule has 0 radical (unpaired) electrons. The number of fused-ring (bicyclic) bond motifs is 2. The van der Waals surface area contributed by atoms with Crippen molar-refractivity contribution in [2.45, 2.75) is 39.8 Å². The Morgan fingerprint density at radius 3 is 2.58 bits per heavy atom. The molecule has 3 N–H and O–H groups in total. The molecule has 31 heavy (non-hydrogen) atoms. The van der Waals surface area contributed by atoms with Crippen molar-refractivity contribution in [2.24, 2.45) is 5.92 Å². The minimum Gasteiger partial charge on any atom is -0.342 e. The van der Waals surface area contributed by atoms with Gasteiger partial charge in [0.05, 0.1) is 28.0 Å². The van der Waals surface area contributed by atoms with E-state index >= 15 is 0 Å². The van der Waals surface area contributed by atoms with Crippen LogP contribution in [0.4, 0.5) is 0 Å². The summed E-state index contributed by atoms with van der Waals surface area (Å²) in [4.78, 5) is 48.3. The van der Waals surface area contributed by atoms with Crippen LogP contribution in [0.25, 0.3) is 21.9 Å². The highest BCUT2D eigenvalue weighted by Gasteiger charge is 2.24. The van der Waals surface area contributed by atoms with Gasteiger partial charge in [-0.2, -0.15) is 0 Å². The number of aromatic nitrogens is 4. The first-order chi connectivity index (χ1) is 14.9. The Hall–Kier alpha value is -3.68. The number of nitrogens with one attached hydrogen (secondary N) is 3. The fourth-order valence-electron chi connectivity index (χ4n) is 3.74. The van der Waals surface area contributed by atoms with E-state index in [0.717, 1.165) is 22.0 Å². The quantitative estimate of drug-likeness (QED) is 0.446. The van der Waals surface area contributed by atoms with Crippen LogP contribution >= 0.6 is 0 Å². The van der Waals surface area contributed by atoms with Crippen LogP contribution < -0.4 is 16.6 Å². The fourth-order valence-corrected chi connectivity index (χ4v) is 3.74. The topological polar surface area (TPSA) is 113 Å². The van der Waals surface area contributed by atoms with Crippen LogP contribution in [0, 0.1) is 5.92 Å². The lowest BCUT2D eigenvalue weighted by Crippen LogP contribution is -2.35. The molecule has 4 aromatic rings. The van der Waals surface area contributed by atoms with Crippen LogP contribution in [-0.2, 0) is 6.54 Å². The number of hydrogen-bond acceptors (Lipinski definition) is 4. The molecule has 1 amide bonds. The van der Waals surface area contributed by atoms with E-state index in [0.29, 0.717) is 22.3 Å². The van der Waals surface area contributed by atoms with Gasteiger partial charge in [0.1, 0.15) is 5.82 Å². The maximum Gasteiger partial charge on any atom is 0.328 e. The molecule has 0 aliphatic carbocycles. The normalized spacial score (nSPS) is 13.4. The summed E-state index contributed by atoms with van der Waals surface area (Å²) in [5.74, 6) is 0.540. The summed E-state index contributed by atoms with van der Waals surface area (Å²) in [7, 11) is 0. The molecule has 8 nitrogen and oxygen atoms in total. The Labute approximate surface area is 178 Å². The summed E-state index contributed by atoms with van der Waals surface area (Å²) >= 11 is 0. The van der Waals surface area contributed by atoms with Gasteiger partial charge >= 0.3 is 5.69 Å². The van der Waals surface area contributed by atoms with Gasteiger partial charge in [0.25, 0.3) is 11.5 Å². The van der Waals surface area contributed by atoms with Crippen LogP contribution in [0.1, 0.15) is 49.4 Å². The molecule has 0 fully saturated rings. The van der Waals surface area contributed by atoms with E-state index in [2.05, 4.69) is 34.1 Å². The summed E-state index contributed by atoms with van der Waals surface area (Å²) < 4.78 is 1.13. The third kappa shape index (κ3) is 3.76. The highest BCUT2D eigenvalue weighted by atomic mass is 16.2. The molecular formula is C23H25N5O3. The number of imidazole rings is 1. The van der Waals surface area contributed by atoms with Gasteiger partial charge in [-0.15, -0.1) is 0 Å². The molecule has 2 heterocycles. The number of nitrogens with zero attached hydrogens (tertiary/aromatic N) is 2. The molecule has 160 valence electrons. The van der Waals surface area contributed by atoms with Crippen molar-refractivity contribution in [3.05, 3.63) is 74.7 Å². The lowest BCUT2D eigenvalue weighted by molar-refractivity contribution is 0.0920. The second-order valence-corrected chi connectivity index (χ2v) is 7.72. The second-order valence-electron chi connectivity index (χ2n) is 7.72. The van der Waals surface area contributed by atoms with Gasteiger partial charge in [-0.3, -0.25) is 14.2 Å². The van der Waals surface area contributed by atoms with Crippen LogP contribution in [0.3, 0.4) is 0 Å². The zero-order valence-electron chi connectivity index (χ0n) is 17.7. The summed E-state index contributed by atoms with van der Waals surface area (Å²) in [6, 6.07) is 12.1. The Kier molecular flexibility index (Phi) is 5.46. The lowest BCUT2D eigenvalue weighted by Gasteiger charge is -2.22. The maximum atomic E-state index is 13.1. The number of aromatic amines is 2. The standard InChI is InChI=1S/C23H25N5O3/c1-4-13(3)19(20-24-16-8-6-7-9-17(16)25-20)27-21(29)14-10-11-15-18(12-14)26-23(31)28(5-2)22(15)30/h6-13,19H,4-5H2,1-3H3,(H,24,25)(H,26,31)(H,27,29). The SMILES string of the molecule is CCC(C)C(NC(=O)c1ccc2c(=O)n(CC)c(=O)[nH]c2c1)c1nc2ccccc2[nH]1. The van der Waals surface area contributed by atoms with Crippen LogP contribution in [0.2, 0.25) is 0 Å². The van der Waals surface area contributed by atoms with E-state index in [1.165, 1.54) is 0 Å². The highest BCUT2D eigenvalue weighted by Crippen LogP contribution is 2.25. The molecule has 0 saturated heterocycles. The van der Waals surface area contributed by atoms with E-state index in [1.54, 1.807) is 25.1 Å². The first kappa shape index (κ1) is 20.6. The monoisotopic (exact) mass is 419 g/mol. The number of rotatable bonds is 6. The summed E-state index contributed by atoms with van der Waals surface area (Å²) in [6.45, 7) is 6.13. The number of amides is 1. The zero-order chi connectivity index (χ0) is 22.1. The van der Waals surface area contributed by atoms with Crippen molar-refractivity contribution < 1.29 is 4.79 Å². The van der Waals surface area contributed by atoms with Crippen LogP contribution in [-0.4, -0.2) is 25.4 Å². The van der Waals surface area contributed by atoms with Gasteiger partial charge in [0.2, 0.25) is 0 Å². The molecule has 0 aliphatic heterocycles. The molecule has 0 saturated carbocycles. The molecule has 8 heteroatoms. The smallest absolute Gasteiger partial charge is 0.328 e. The van der Waals surface area contributed by atoms with Gasteiger partial charge in [-0.25, -0.2) is 9.78 Å². The largest absolute Gasteiger partial charge is 0.342 e. The van der Waals surface area contributed by atoms with Gasteiger partial charge in [-0.05, 0) is 43.2 Å². The first-order valence-corrected chi connectivity index (χ1v) is 10.4. The Bertz CT molecular complexity index is 1350. The summed E-state index contributed by atoms with van der Waals surface area (Å²) in [6.07, 6.45) is 0.851. The predicted molar refractivity (Wildman–Crippen MR) is 120 cm³/mol. The molecule has 0 aliphatic rings. The van der Waals surface area contributed by atoms with Crippen LogP contribution in [0.15, 0.2) is 52.1 Å². The van der Waals surface area contributed by atoms with E-state index in [1.807, 2.05) is 24.3 Å². The third-order valence-corrected chi connectivity index (χ3v) is 5.76. The fraction of sp³-hybridized carbons (Fsp3) is 0.304. The van der Waals surface area contributed by atoms with Gasteiger partial charge in [0.15, 0.2) is 0 Å².